The molecule has 2 heteroatoms. The average Bonchev–Trinajstić information content (AvgIpc) is 1.68. The van der Waals surface area contributed by atoms with Crippen LogP contribution in [-0.2, 0) is 4.43 Å². The number of hydrogen-bond acceptors (Lipinski definition) is 1. The summed E-state index contributed by atoms with van der Waals surface area (Å²) in [7, 11) is 1.48. The van der Waals surface area contributed by atoms with Crippen LogP contribution in [0.5, 0.6) is 0 Å². The van der Waals surface area contributed by atoms with Crippen LogP contribution in [0.1, 0.15) is 6.92 Å². The molecule has 0 saturated carbocycles. The van der Waals surface area contributed by atoms with Gasteiger partial charge >= 0.3 is 0 Å². The molecule has 0 N–H and O–H groups in total. The van der Waals surface area contributed by atoms with Crippen LogP contribution in [0.3, 0.4) is 0 Å². The van der Waals surface area contributed by atoms with Crippen molar-refractivity contribution in [1.29, 1.82) is 0 Å². The first-order valence-corrected chi connectivity index (χ1v) is 3.82. The minimum atomic E-state index is -0.272. The van der Waals surface area contributed by atoms with Gasteiger partial charge < -0.3 is 4.43 Å². The van der Waals surface area contributed by atoms with E-state index in [9.17, 15) is 0 Å². The predicted molar refractivity (Wildman–Crippen MR) is 35.2 cm³/mol. The molecule has 0 aromatic carbocycles. The zero-order valence-electron chi connectivity index (χ0n) is 4.98. The van der Waals surface area contributed by atoms with Gasteiger partial charge in [-0.3, -0.25) is 0 Å². The summed E-state index contributed by atoms with van der Waals surface area (Å²) < 4.78 is 4.96. The highest BCUT2D eigenvalue weighted by atomic mass is 28.2. The second kappa shape index (κ2) is 4.09. The van der Waals surface area contributed by atoms with Crippen molar-refractivity contribution in [2.75, 3.05) is 7.11 Å². The van der Waals surface area contributed by atoms with Gasteiger partial charge in [0.2, 0.25) is 0 Å². The molecule has 1 nitrogen and oxygen atoms in total. The first-order valence-electron chi connectivity index (χ1n) is 2.42. The van der Waals surface area contributed by atoms with Gasteiger partial charge in [0.05, 0.1) is 0 Å². The Morgan fingerprint density at radius 2 is 2.43 bits per heavy atom. The number of allylic oxidation sites excluding steroid dienone is 1. The molecule has 1 unspecified atom stereocenters. The van der Waals surface area contributed by atoms with Gasteiger partial charge in [0.25, 0.3) is 0 Å². The Bertz CT molecular complexity index is 54.0. The monoisotopic (exact) mass is 116 g/mol. The van der Waals surface area contributed by atoms with Crippen molar-refractivity contribution >= 4 is 9.76 Å². The summed E-state index contributed by atoms with van der Waals surface area (Å²) in [5, 5.41) is 0. The molecule has 0 aliphatic carbocycles. The highest BCUT2D eigenvalue weighted by Crippen LogP contribution is 1.98. The van der Waals surface area contributed by atoms with Crippen LogP contribution < -0.4 is 0 Å². The SMILES string of the molecule is C=CC(C)[SiH2]OC. The highest BCUT2D eigenvalue weighted by Gasteiger charge is 1.91. The fraction of sp³-hybridized carbons (Fsp3) is 0.600. The molecule has 0 aromatic heterocycles. The van der Waals surface area contributed by atoms with E-state index in [2.05, 4.69) is 13.5 Å². The standard InChI is InChI=1S/C5H12OSi/c1-4-5(2)7-6-3/h4-5H,1,7H2,2-3H3. The quantitative estimate of drug-likeness (QED) is 0.390. The van der Waals surface area contributed by atoms with Crippen molar-refractivity contribution in [3.05, 3.63) is 12.7 Å². The fourth-order valence-corrected chi connectivity index (χ4v) is 0.993. The summed E-state index contributed by atoms with van der Waals surface area (Å²) in [4.78, 5) is 0. The zero-order valence-corrected chi connectivity index (χ0v) is 6.39. The molecule has 0 radical (unpaired) electrons. The van der Waals surface area contributed by atoms with Crippen LogP contribution in [0.4, 0.5) is 0 Å². The summed E-state index contributed by atoms with van der Waals surface area (Å²) in [5.41, 5.74) is 0.630. The molecule has 0 spiro atoms. The third-order valence-electron chi connectivity index (χ3n) is 0.832. The van der Waals surface area contributed by atoms with Crippen LogP contribution in [-0.4, -0.2) is 16.9 Å². The molecule has 7 heavy (non-hydrogen) atoms. The maximum atomic E-state index is 4.96. The van der Waals surface area contributed by atoms with Crippen LogP contribution in [0.15, 0.2) is 12.7 Å². The molecule has 0 amide bonds. The van der Waals surface area contributed by atoms with E-state index in [0.29, 0.717) is 5.54 Å². The topological polar surface area (TPSA) is 9.23 Å². The van der Waals surface area contributed by atoms with E-state index < -0.39 is 0 Å². The van der Waals surface area contributed by atoms with E-state index in [4.69, 9.17) is 4.43 Å². The minimum absolute atomic E-state index is 0.272. The van der Waals surface area contributed by atoms with Gasteiger partial charge in [-0.05, 0) is 5.54 Å². The van der Waals surface area contributed by atoms with Gasteiger partial charge in [-0.15, -0.1) is 6.58 Å². The van der Waals surface area contributed by atoms with E-state index in [1.807, 2.05) is 6.08 Å². The maximum absolute atomic E-state index is 4.96. The second-order valence-corrected chi connectivity index (χ2v) is 3.87. The Hall–Kier alpha value is -0.0831. The lowest BCUT2D eigenvalue weighted by molar-refractivity contribution is 0.437. The average molecular weight is 116 g/mol. The van der Waals surface area contributed by atoms with Gasteiger partial charge in [-0.2, -0.15) is 0 Å². The molecule has 0 saturated heterocycles. The van der Waals surface area contributed by atoms with Gasteiger partial charge in [0.1, 0.15) is 0 Å². The molecule has 0 aliphatic heterocycles. The molecule has 0 heterocycles. The molecule has 0 aromatic rings. The molecule has 0 aliphatic rings. The molecule has 0 bridgehead atoms. The predicted octanol–water partition coefficient (Wildman–Crippen LogP) is 0.711. The van der Waals surface area contributed by atoms with Crippen LogP contribution >= 0.6 is 0 Å². The molecule has 42 valence electrons. The van der Waals surface area contributed by atoms with Crippen molar-refractivity contribution in [3.8, 4) is 0 Å². The lowest BCUT2D eigenvalue weighted by Gasteiger charge is -1.98. The summed E-state index contributed by atoms with van der Waals surface area (Å²) >= 11 is 0. The minimum Gasteiger partial charge on any atom is -0.427 e. The van der Waals surface area contributed by atoms with Crippen molar-refractivity contribution in [2.24, 2.45) is 0 Å². The Labute approximate surface area is 47.3 Å². The smallest absolute Gasteiger partial charge is 0.167 e. The van der Waals surface area contributed by atoms with E-state index in [1.54, 1.807) is 7.11 Å². The van der Waals surface area contributed by atoms with E-state index in [0.717, 1.165) is 0 Å². The summed E-state index contributed by atoms with van der Waals surface area (Å²) in [6.45, 7) is 5.76. The fourth-order valence-electron chi connectivity index (χ4n) is 0.331. The first-order chi connectivity index (χ1) is 3.31. The van der Waals surface area contributed by atoms with Crippen LogP contribution in [0.2, 0.25) is 5.54 Å². The Balaban J connectivity index is 2.98. The lowest BCUT2D eigenvalue weighted by Crippen LogP contribution is -1.97. The Kier molecular flexibility index (Phi) is 4.04. The molecular weight excluding hydrogens is 104 g/mol. The lowest BCUT2D eigenvalue weighted by atomic mass is 10.5. The van der Waals surface area contributed by atoms with E-state index in [1.165, 1.54) is 0 Å². The Morgan fingerprint density at radius 1 is 1.86 bits per heavy atom. The van der Waals surface area contributed by atoms with E-state index in [-0.39, 0.29) is 9.76 Å². The first kappa shape index (κ1) is 6.92. The van der Waals surface area contributed by atoms with Gasteiger partial charge in [0, 0.05) is 7.11 Å². The van der Waals surface area contributed by atoms with Gasteiger partial charge in [-0.25, -0.2) is 0 Å². The molecule has 0 fully saturated rings. The molecular formula is C5H12OSi. The number of rotatable bonds is 3. The van der Waals surface area contributed by atoms with E-state index >= 15 is 0 Å². The van der Waals surface area contributed by atoms with Crippen molar-refractivity contribution < 1.29 is 4.43 Å². The summed E-state index contributed by atoms with van der Waals surface area (Å²) in [6.07, 6.45) is 1.94. The van der Waals surface area contributed by atoms with Crippen molar-refractivity contribution in [1.82, 2.24) is 0 Å². The van der Waals surface area contributed by atoms with Gasteiger partial charge in [-0.1, -0.05) is 13.0 Å². The largest absolute Gasteiger partial charge is 0.427 e. The normalized spacial score (nSPS) is 15.1. The third-order valence-corrected chi connectivity index (χ3v) is 2.02. The van der Waals surface area contributed by atoms with Crippen molar-refractivity contribution in [2.45, 2.75) is 12.5 Å². The van der Waals surface area contributed by atoms with Crippen LogP contribution in [0.25, 0.3) is 0 Å². The number of hydrogen-bond donors (Lipinski definition) is 0. The third kappa shape index (κ3) is 3.75. The Morgan fingerprint density at radius 3 is 2.57 bits per heavy atom. The summed E-state index contributed by atoms with van der Waals surface area (Å²) in [5.74, 6) is 0. The molecule has 0 rings (SSSR count). The molecule has 1 atom stereocenters. The highest BCUT2D eigenvalue weighted by molar-refractivity contribution is 6.30. The van der Waals surface area contributed by atoms with Crippen molar-refractivity contribution in [3.63, 3.8) is 0 Å². The second-order valence-electron chi connectivity index (χ2n) is 1.67. The zero-order chi connectivity index (χ0) is 5.70. The van der Waals surface area contributed by atoms with Crippen LogP contribution in [0, 0.1) is 0 Å². The maximum Gasteiger partial charge on any atom is 0.167 e. The van der Waals surface area contributed by atoms with Gasteiger partial charge in [0.15, 0.2) is 9.76 Å². The summed E-state index contributed by atoms with van der Waals surface area (Å²) in [6, 6.07) is 0.